The van der Waals surface area contributed by atoms with Crippen molar-refractivity contribution in [3.8, 4) is 0 Å². The van der Waals surface area contributed by atoms with Gasteiger partial charge in [-0.1, -0.05) is 18.1 Å². The summed E-state index contributed by atoms with van der Waals surface area (Å²) >= 11 is 0. The Morgan fingerprint density at radius 2 is 1.12 bits per heavy atom. The highest BCUT2D eigenvalue weighted by atomic mass is 16.6. The van der Waals surface area contributed by atoms with E-state index < -0.39 is 17.0 Å². The monoisotopic (exact) mass is 550 g/mol. The van der Waals surface area contributed by atoms with Crippen LogP contribution in [0.4, 0.5) is 0 Å². The number of Topliss-reactive ketones (excluding diaryl/α,β-unsaturated/α-hetero) is 2. The molecule has 6 rings (SSSR count). The third-order valence-electron chi connectivity index (χ3n) is 9.51. The molecule has 10 nitrogen and oxygen atoms in total. The van der Waals surface area contributed by atoms with Gasteiger partial charge in [0.1, 0.15) is 47.1 Å². The maximum atomic E-state index is 14.3. The third kappa shape index (κ3) is 3.35. The molecule has 10 heteroatoms. The standard InChI is InChI=1S/C30H38N4O6/c1-12(2)10-17(35)31-27-19(23(37)29(8)25-21(39-25)15(6)33(27)29)14(5)20-24(38)30(9)26-22(40-26)16(7)34(30)28(20)32-18(36)11-13(3)4/h10-11,14-16,21-22,25-26H,1-9H3,(H,31,35)(H,32,36)/t15-,16-,21+,22+,25+,26+,29+,30+/m0/s1. The lowest BCUT2D eigenvalue weighted by atomic mass is 9.80. The number of carbonyl (C=O) groups excluding carboxylic acids is 4. The average molecular weight is 551 g/mol. The van der Waals surface area contributed by atoms with Crippen molar-refractivity contribution in [2.75, 3.05) is 0 Å². The van der Waals surface area contributed by atoms with E-state index in [1.807, 2.05) is 72.1 Å². The summed E-state index contributed by atoms with van der Waals surface area (Å²) in [6.45, 7) is 16.8. The molecule has 4 saturated heterocycles. The van der Waals surface area contributed by atoms with Crippen molar-refractivity contribution in [1.29, 1.82) is 0 Å². The van der Waals surface area contributed by atoms with E-state index in [0.29, 0.717) is 22.8 Å². The van der Waals surface area contributed by atoms with Crippen LogP contribution in [0.3, 0.4) is 0 Å². The predicted octanol–water partition coefficient (Wildman–Crippen LogP) is 1.84. The summed E-state index contributed by atoms with van der Waals surface area (Å²) in [5.41, 5.74) is 0.350. The van der Waals surface area contributed by atoms with E-state index in [2.05, 4.69) is 10.6 Å². The van der Waals surface area contributed by atoms with Gasteiger partial charge in [-0.15, -0.1) is 0 Å². The van der Waals surface area contributed by atoms with E-state index >= 15 is 0 Å². The van der Waals surface area contributed by atoms with Crippen LogP contribution in [0.1, 0.15) is 62.3 Å². The number of morpholine rings is 2. The molecule has 6 aliphatic heterocycles. The molecule has 0 aromatic rings. The molecule has 0 saturated carbocycles. The first-order chi connectivity index (χ1) is 18.6. The van der Waals surface area contributed by atoms with Gasteiger partial charge in [-0.05, 0) is 55.4 Å². The van der Waals surface area contributed by atoms with Crippen LogP contribution < -0.4 is 10.6 Å². The molecule has 2 N–H and O–H groups in total. The largest absolute Gasteiger partial charge is 0.364 e. The Morgan fingerprint density at radius 3 is 1.45 bits per heavy atom. The van der Waals surface area contributed by atoms with Gasteiger partial charge in [0.15, 0.2) is 11.6 Å². The quantitative estimate of drug-likeness (QED) is 0.379. The summed E-state index contributed by atoms with van der Waals surface area (Å²) in [6.07, 6.45) is 2.20. The first kappa shape index (κ1) is 27.0. The van der Waals surface area contributed by atoms with E-state index in [-0.39, 0.29) is 59.9 Å². The van der Waals surface area contributed by atoms with Gasteiger partial charge < -0.3 is 29.9 Å². The molecular formula is C30H38N4O6. The highest BCUT2D eigenvalue weighted by Gasteiger charge is 2.75. The van der Waals surface area contributed by atoms with Crippen LogP contribution in [0.25, 0.3) is 0 Å². The second kappa shape index (κ2) is 8.39. The van der Waals surface area contributed by atoms with Crippen LogP contribution in [0.2, 0.25) is 0 Å². The van der Waals surface area contributed by atoms with Gasteiger partial charge in [-0.25, -0.2) is 0 Å². The molecule has 0 unspecified atom stereocenters. The van der Waals surface area contributed by atoms with Crippen molar-refractivity contribution in [2.24, 2.45) is 5.92 Å². The van der Waals surface area contributed by atoms with Crippen LogP contribution in [-0.4, -0.2) is 80.8 Å². The summed E-state index contributed by atoms with van der Waals surface area (Å²) in [7, 11) is 0. The van der Waals surface area contributed by atoms with Gasteiger partial charge in [0.05, 0.1) is 12.1 Å². The van der Waals surface area contributed by atoms with Gasteiger partial charge in [-0.2, -0.15) is 0 Å². The Morgan fingerprint density at radius 1 is 0.775 bits per heavy atom. The van der Waals surface area contributed by atoms with E-state index in [9.17, 15) is 19.2 Å². The summed E-state index contributed by atoms with van der Waals surface area (Å²) in [6, 6.07) is -0.283. The number of hydrogen-bond acceptors (Lipinski definition) is 8. The highest BCUT2D eigenvalue weighted by molar-refractivity contribution is 6.13. The van der Waals surface area contributed by atoms with Crippen LogP contribution in [0, 0.1) is 5.92 Å². The number of rotatable bonds is 6. The average Bonchev–Trinajstić information content (AvgIpc) is 3.72. The molecule has 6 aliphatic rings. The van der Waals surface area contributed by atoms with E-state index in [4.69, 9.17) is 9.47 Å². The molecule has 0 spiro atoms. The Hall–Kier alpha value is -3.24. The summed E-state index contributed by atoms with van der Waals surface area (Å²) in [4.78, 5) is 58.6. The molecular weight excluding hydrogens is 512 g/mol. The van der Waals surface area contributed by atoms with Gasteiger partial charge in [0, 0.05) is 29.2 Å². The molecule has 6 heterocycles. The fraction of sp³-hybridized carbons (Fsp3) is 0.600. The topological polar surface area (TPSA) is 124 Å². The molecule has 4 fully saturated rings. The number of amides is 2. The first-order valence-electron chi connectivity index (χ1n) is 14.0. The summed E-state index contributed by atoms with van der Waals surface area (Å²) in [5, 5.41) is 5.98. The molecule has 0 aromatic carbocycles. The third-order valence-corrected chi connectivity index (χ3v) is 9.51. The van der Waals surface area contributed by atoms with E-state index in [0.717, 1.165) is 11.1 Å². The molecule has 40 heavy (non-hydrogen) atoms. The van der Waals surface area contributed by atoms with E-state index in [1.165, 1.54) is 12.2 Å². The summed E-state index contributed by atoms with van der Waals surface area (Å²) in [5.74, 6) is -0.938. The molecule has 0 aromatic heterocycles. The Labute approximate surface area is 234 Å². The lowest BCUT2D eigenvalue weighted by molar-refractivity contribution is -0.126. The number of carbonyl (C=O) groups is 4. The number of fused-ring (bicyclic) bond motifs is 6. The van der Waals surface area contributed by atoms with Crippen molar-refractivity contribution in [1.82, 2.24) is 20.4 Å². The normalized spacial score (nSPS) is 38.4. The lowest BCUT2D eigenvalue weighted by Crippen LogP contribution is -2.52. The predicted molar refractivity (Wildman–Crippen MR) is 145 cm³/mol. The van der Waals surface area contributed by atoms with Crippen LogP contribution >= 0.6 is 0 Å². The Balaban J connectivity index is 1.50. The number of ketones is 2. The highest BCUT2D eigenvalue weighted by Crippen LogP contribution is 2.58. The molecule has 0 aliphatic carbocycles. The Kier molecular flexibility index (Phi) is 5.65. The second-order valence-electron chi connectivity index (χ2n) is 12.9. The number of epoxide rings is 2. The SMILES string of the molecule is CC(C)=CC(=O)NC1=C(C(C)C2=C(NC(=O)C=C(C)C)N3[C@@H](C)[C@H]4O[C@H]4[C@@]3(C)C2=O)C(=O)[C@]2(C)[C@@H]3O[C@@H]3[C@H](C)N12. The van der Waals surface area contributed by atoms with Gasteiger partial charge in [-0.3, -0.25) is 19.2 Å². The lowest BCUT2D eigenvalue weighted by Gasteiger charge is -2.35. The Bertz CT molecular complexity index is 1300. The minimum absolute atomic E-state index is 0.0958. The van der Waals surface area contributed by atoms with Crippen molar-refractivity contribution >= 4 is 23.4 Å². The van der Waals surface area contributed by atoms with Crippen LogP contribution in [0.5, 0.6) is 0 Å². The minimum Gasteiger partial charge on any atom is -0.364 e. The smallest absolute Gasteiger partial charge is 0.249 e. The number of allylic oxidation sites excluding steroid dienone is 2. The van der Waals surface area contributed by atoms with Crippen LogP contribution in [0.15, 0.2) is 46.1 Å². The maximum Gasteiger partial charge on any atom is 0.249 e. The molecule has 2 amide bonds. The van der Waals surface area contributed by atoms with Gasteiger partial charge >= 0.3 is 0 Å². The molecule has 0 bridgehead atoms. The molecule has 214 valence electrons. The van der Waals surface area contributed by atoms with Gasteiger partial charge in [0.2, 0.25) is 11.8 Å². The molecule has 8 atom stereocenters. The zero-order valence-corrected chi connectivity index (χ0v) is 24.5. The second-order valence-corrected chi connectivity index (χ2v) is 12.9. The zero-order valence-electron chi connectivity index (χ0n) is 24.5. The maximum absolute atomic E-state index is 14.3. The first-order valence-corrected chi connectivity index (χ1v) is 14.0. The number of nitrogens with zero attached hydrogens (tertiary/aromatic N) is 2. The fourth-order valence-electron chi connectivity index (χ4n) is 7.70. The van der Waals surface area contributed by atoms with Gasteiger partial charge in [0.25, 0.3) is 0 Å². The van der Waals surface area contributed by atoms with Crippen molar-refractivity contribution in [3.63, 3.8) is 0 Å². The molecule has 0 radical (unpaired) electrons. The fourth-order valence-corrected chi connectivity index (χ4v) is 7.70. The number of nitrogens with one attached hydrogen (secondary N) is 2. The van der Waals surface area contributed by atoms with E-state index in [1.54, 1.807) is 0 Å². The van der Waals surface area contributed by atoms with Crippen molar-refractivity contribution in [2.45, 2.75) is 110 Å². The van der Waals surface area contributed by atoms with Crippen molar-refractivity contribution in [3.05, 3.63) is 46.1 Å². The van der Waals surface area contributed by atoms with Crippen molar-refractivity contribution < 1.29 is 28.7 Å². The summed E-state index contributed by atoms with van der Waals surface area (Å²) < 4.78 is 11.8. The van der Waals surface area contributed by atoms with Crippen LogP contribution in [-0.2, 0) is 28.7 Å². The minimum atomic E-state index is -0.993. The number of ether oxygens (including phenoxy) is 2. The zero-order chi connectivity index (χ0) is 29.2. The number of hydrogen-bond donors (Lipinski definition) is 2.